The van der Waals surface area contributed by atoms with E-state index in [9.17, 15) is 4.79 Å². The van der Waals surface area contributed by atoms with E-state index in [0.717, 1.165) is 26.2 Å². The summed E-state index contributed by atoms with van der Waals surface area (Å²) in [7, 11) is 0. The van der Waals surface area contributed by atoms with Crippen molar-refractivity contribution in [2.24, 2.45) is 11.8 Å². The Labute approximate surface area is 115 Å². The summed E-state index contributed by atoms with van der Waals surface area (Å²) >= 11 is 0. The molecule has 2 fully saturated rings. The molecule has 1 heterocycles. The summed E-state index contributed by atoms with van der Waals surface area (Å²) in [6, 6.07) is 0.361. The van der Waals surface area contributed by atoms with Gasteiger partial charge in [0.15, 0.2) is 0 Å². The Morgan fingerprint density at radius 1 is 1.26 bits per heavy atom. The van der Waals surface area contributed by atoms with Gasteiger partial charge in [-0.05, 0) is 32.1 Å². The van der Waals surface area contributed by atoms with E-state index in [1.54, 1.807) is 0 Å². The van der Waals surface area contributed by atoms with Crippen molar-refractivity contribution < 1.29 is 9.53 Å². The molecule has 1 saturated heterocycles. The fourth-order valence-corrected chi connectivity index (χ4v) is 3.30. The third kappa shape index (κ3) is 3.30. The van der Waals surface area contributed by atoms with Crippen molar-refractivity contribution in [1.82, 2.24) is 10.6 Å². The van der Waals surface area contributed by atoms with Crippen LogP contribution in [0.5, 0.6) is 0 Å². The first-order chi connectivity index (χ1) is 9.34. The van der Waals surface area contributed by atoms with Crippen molar-refractivity contribution in [3.8, 4) is 0 Å². The van der Waals surface area contributed by atoms with Gasteiger partial charge in [-0.3, -0.25) is 0 Å². The smallest absolute Gasteiger partial charge is 0.315 e. The summed E-state index contributed by atoms with van der Waals surface area (Å²) < 4.78 is 5.31. The maximum Gasteiger partial charge on any atom is 0.315 e. The van der Waals surface area contributed by atoms with Crippen LogP contribution in [0, 0.1) is 11.8 Å². The van der Waals surface area contributed by atoms with Crippen molar-refractivity contribution in [1.29, 1.82) is 0 Å². The zero-order valence-electron chi connectivity index (χ0n) is 11.5. The van der Waals surface area contributed by atoms with Gasteiger partial charge in [0, 0.05) is 24.4 Å². The van der Waals surface area contributed by atoms with Crippen molar-refractivity contribution in [2.45, 2.75) is 44.6 Å². The second-order valence-corrected chi connectivity index (χ2v) is 6.00. The number of hydrogen-bond donors (Lipinski definition) is 2. The lowest BCUT2D eigenvalue weighted by atomic mass is 10.1. The van der Waals surface area contributed by atoms with Crippen molar-refractivity contribution in [2.75, 3.05) is 19.8 Å². The van der Waals surface area contributed by atoms with Crippen LogP contribution >= 0.6 is 0 Å². The molecule has 0 radical (unpaired) electrons. The fourth-order valence-electron chi connectivity index (χ4n) is 3.30. The Bertz CT molecular complexity index is 357. The number of urea groups is 1. The number of allylic oxidation sites excluding steroid dienone is 1. The Balaban J connectivity index is 1.31. The van der Waals surface area contributed by atoms with Gasteiger partial charge in [-0.2, -0.15) is 0 Å². The number of rotatable bonds is 4. The first-order valence-electron chi connectivity index (χ1n) is 7.64. The Kier molecular flexibility index (Phi) is 4.06. The quantitative estimate of drug-likeness (QED) is 0.765. The summed E-state index contributed by atoms with van der Waals surface area (Å²) in [6.45, 7) is 2.40. The minimum atomic E-state index is -0.00591. The van der Waals surface area contributed by atoms with Crippen LogP contribution in [0.4, 0.5) is 4.79 Å². The molecule has 3 aliphatic rings. The van der Waals surface area contributed by atoms with E-state index in [2.05, 4.69) is 16.7 Å². The van der Waals surface area contributed by atoms with Gasteiger partial charge < -0.3 is 15.4 Å². The molecule has 0 bridgehead atoms. The van der Waals surface area contributed by atoms with Crippen LogP contribution in [0.25, 0.3) is 0 Å². The van der Waals surface area contributed by atoms with Gasteiger partial charge in [-0.15, -0.1) is 0 Å². The number of ether oxygens (including phenoxy) is 1. The van der Waals surface area contributed by atoms with Crippen molar-refractivity contribution in [3.05, 3.63) is 11.6 Å². The van der Waals surface area contributed by atoms with E-state index in [1.165, 1.54) is 37.7 Å². The third-order valence-corrected chi connectivity index (χ3v) is 4.62. The molecule has 0 aromatic rings. The van der Waals surface area contributed by atoms with E-state index < -0.39 is 0 Å². The number of carbonyl (C=O) groups excluding carboxylic acids is 1. The molecule has 0 spiro atoms. The van der Waals surface area contributed by atoms with Crippen LogP contribution in [-0.2, 0) is 4.74 Å². The molecule has 1 unspecified atom stereocenters. The second kappa shape index (κ2) is 5.95. The summed E-state index contributed by atoms with van der Waals surface area (Å²) in [6.07, 6.45) is 9.79. The molecule has 2 aliphatic carbocycles. The molecular weight excluding hydrogens is 240 g/mol. The number of hydrogen-bond acceptors (Lipinski definition) is 2. The molecule has 2 amide bonds. The zero-order valence-corrected chi connectivity index (χ0v) is 11.5. The highest BCUT2D eigenvalue weighted by atomic mass is 16.5. The largest absolute Gasteiger partial charge is 0.381 e. The summed E-state index contributed by atoms with van der Waals surface area (Å²) in [5.74, 6) is 1.16. The monoisotopic (exact) mass is 264 g/mol. The average Bonchev–Trinajstić information content (AvgIpc) is 2.92. The van der Waals surface area contributed by atoms with Crippen LogP contribution in [-0.4, -0.2) is 31.8 Å². The highest BCUT2D eigenvalue weighted by molar-refractivity contribution is 5.74. The van der Waals surface area contributed by atoms with Gasteiger partial charge >= 0.3 is 6.03 Å². The topological polar surface area (TPSA) is 50.4 Å². The van der Waals surface area contributed by atoms with Crippen LogP contribution in [0.2, 0.25) is 0 Å². The highest BCUT2D eigenvalue weighted by Crippen LogP contribution is 2.43. The minimum Gasteiger partial charge on any atom is -0.381 e. The maximum atomic E-state index is 11.8. The first kappa shape index (κ1) is 13.0. The number of fused-ring (bicyclic) bond motifs is 1. The summed E-state index contributed by atoms with van der Waals surface area (Å²) in [5.41, 5.74) is 1.52. The Morgan fingerprint density at radius 3 is 2.95 bits per heavy atom. The van der Waals surface area contributed by atoms with Crippen molar-refractivity contribution in [3.63, 3.8) is 0 Å². The molecule has 3 atom stereocenters. The van der Waals surface area contributed by atoms with Crippen LogP contribution < -0.4 is 10.6 Å². The van der Waals surface area contributed by atoms with E-state index in [4.69, 9.17) is 4.74 Å². The fraction of sp³-hybridized carbons (Fsp3) is 0.800. The van der Waals surface area contributed by atoms with Gasteiger partial charge in [0.1, 0.15) is 0 Å². The Hall–Kier alpha value is -1.03. The predicted molar refractivity (Wildman–Crippen MR) is 73.9 cm³/mol. The number of carbonyl (C=O) groups is 1. The van der Waals surface area contributed by atoms with Crippen LogP contribution in [0.15, 0.2) is 11.6 Å². The van der Waals surface area contributed by atoms with Crippen molar-refractivity contribution >= 4 is 6.03 Å². The molecule has 4 nitrogen and oxygen atoms in total. The van der Waals surface area contributed by atoms with Crippen LogP contribution in [0.1, 0.15) is 38.5 Å². The standard InChI is InChI=1S/C15H24N2O2/c18-15(17-14-12-9-19-10-13(12)14)16-8-7-11-5-3-1-2-4-6-11/h5,12-14H,1-4,6-10H2,(H2,16,17,18)/t12-,13+,14?. The van der Waals surface area contributed by atoms with Gasteiger partial charge in [0.05, 0.1) is 13.2 Å². The van der Waals surface area contributed by atoms with Gasteiger partial charge in [0.25, 0.3) is 0 Å². The van der Waals surface area contributed by atoms with Crippen LogP contribution in [0.3, 0.4) is 0 Å². The summed E-state index contributed by atoms with van der Waals surface area (Å²) in [5, 5.41) is 6.04. The molecule has 106 valence electrons. The van der Waals surface area contributed by atoms with E-state index in [1.807, 2.05) is 0 Å². The lowest BCUT2D eigenvalue weighted by Gasteiger charge is -2.10. The molecule has 19 heavy (non-hydrogen) atoms. The third-order valence-electron chi connectivity index (χ3n) is 4.62. The van der Waals surface area contributed by atoms with Gasteiger partial charge in [0.2, 0.25) is 0 Å². The number of amides is 2. The SMILES string of the molecule is O=C(NCCC1=CCCCCC1)NC1[C@H]2COC[C@@H]12. The molecule has 4 heteroatoms. The molecule has 3 rings (SSSR count). The van der Waals surface area contributed by atoms with E-state index in [0.29, 0.717) is 17.9 Å². The zero-order chi connectivity index (χ0) is 13.1. The molecular formula is C15H24N2O2. The normalized spacial score (nSPS) is 33.1. The lowest BCUT2D eigenvalue weighted by Crippen LogP contribution is -2.39. The second-order valence-electron chi connectivity index (χ2n) is 6.00. The molecule has 0 aromatic heterocycles. The number of nitrogens with one attached hydrogen (secondary N) is 2. The molecule has 2 N–H and O–H groups in total. The summed E-state index contributed by atoms with van der Waals surface area (Å²) in [4.78, 5) is 11.8. The first-order valence-corrected chi connectivity index (χ1v) is 7.64. The highest BCUT2D eigenvalue weighted by Gasteiger charge is 2.54. The molecule has 0 aromatic carbocycles. The predicted octanol–water partition coefficient (Wildman–Crippen LogP) is 2.21. The van der Waals surface area contributed by atoms with E-state index >= 15 is 0 Å². The van der Waals surface area contributed by atoms with Gasteiger partial charge in [-0.1, -0.05) is 18.1 Å². The molecule has 1 saturated carbocycles. The average molecular weight is 264 g/mol. The maximum absolute atomic E-state index is 11.8. The minimum absolute atomic E-state index is 0.00591. The lowest BCUT2D eigenvalue weighted by molar-refractivity contribution is 0.156. The van der Waals surface area contributed by atoms with E-state index in [-0.39, 0.29) is 6.03 Å². The van der Waals surface area contributed by atoms with Gasteiger partial charge in [-0.25, -0.2) is 4.79 Å². The Morgan fingerprint density at radius 2 is 2.11 bits per heavy atom. The molecule has 1 aliphatic heterocycles.